The molecule has 1 atom stereocenters. The third-order valence-corrected chi connectivity index (χ3v) is 4.38. The molecule has 1 aromatic rings. The van der Waals surface area contributed by atoms with Gasteiger partial charge in [0.1, 0.15) is 0 Å². The minimum absolute atomic E-state index is 0.185. The van der Waals surface area contributed by atoms with Crippen LogP contribution in [0.25, 0.3) is 0 Å². The van der Waals surface area contributed by atoms with E-state index in [1.165, 1.54) is 5.56 Å². The summed E-state index contributed by atoms with van der Waals surface area (Å²) in [6.07, 6.45) is 3.32. The quantitative estimate of drug-likeness (QED) is 0.901. The lowest BCUT2D eigenvalue weighted by molar-refractivity contribution is -0.133. The number of likely N-dealkylation sites (tertiary alicyclic amines) is 1. The van der Waals surface area contributed by atoms with E-state index in [1.807, 2.05) is 30.5 Å². The third-order valence-electron chi connectivity index (χ3n) is 4.38. The van der Waals surface area contributed by atoms with Gasteiger partial charge in [-0.05, 0) is 44.6 Å². The maximum Gasteiger partial charge on any atom is 0.222 e. The van der Waals surface area contributed by atoms with Gasteiger partial charge in [-0.2, -0.15) is 5.10 Å². The second kappa shape index (κ2) is 6.39. The highest BCUT2D eigenvalue weighted by Crippen LogP contribution is 2.19. The molecule has 1 amide bonds. The molecule has 0 bridgehead atoms. The molecule has 2 heterocycles. The number of aliphatic hydroxyl groups excluding tert-OH is 1. The Labute approximate surface area is 120 Å². The van der Waals surface area contributed by atoms with Crippen molar-refractivity contribution in [1.82, 2.24) is 14.7 Å². The lowest BCUT2D eigenvalue weighted by Crippen LogP contribution is -2.41. The smallest absolute Gasteiger partial charge is 0.222 e. The average molecular weight is 279 g/mol. The molecule has 1 saturated heterocycles. The molecule has 0 spiro atoms. The van der Waals surface area contributed by atoms with Crippen LogP contribution in [-0.2, 0) is 18.3 Å². The minimum Gasteiger partial charge on any atom is -0.396 e. The van der Waals surface area contributed by atoms with Crippen molar-refractivity contribution in [3.63, 3.8) is 0 Å². The van der Waals surface area contributed by atoms with Gasteiger partial charge in [-0.25, -0.2) is 0 Å². The van der Waals surface area contributed by atoms with Gasteiger partial charge in [-0.15, -0.1) is 0 Å². The van der Waals surface area contributed by atoms with E-state index in [9.17, 15) is 9.90 Å². The summed E-state index contributed by atoms with van der Waals surface area (Å²) in [5.41, 5.74) is 3.35. The summed E-state index contributed by atoms with van der Waals surface area (Å²) < 4.78 is 1.87. The molecule has 5 nitrogen and oxygen atoms in total. The molecule has 1 fully saturated rings. The standard InChI is InChI=1S/C15H25N3O2/c1-11-14(12(2)17(3)16-11)6-7-15(20)18-8-4-5-13(9-18)10-19/h13,19H,4-10H2,1-3H3. The van der Waals surface area contributed by atoms with Crippen LogP contribution in [0.15, 0.2) is 0 Å². The number of amides is 1. The number of aromatic nitrogens is 2. The summed E-state index contributed by atoms with van der Waals surface area (Å²) in [5, 5.41) is 13.6. The molecule has 0 aromatic carbocycles. The van der Waals surface area contributed by atoms with Crippen molar-refractivity contribution < 1.29 is 9.90 Å². The zero-order valence-corrected chi connectivity index (χ0v) is 12.7. The van der Waals surface area contributed by atoms with Crippen LogP contribution in [-0.4, -0.2) is 45.4 Å². The molecule has 0 aliphatic carbocycles. The van der Waals surface area contributed by atoms with Crippen LogP contribution in [0.1, 0.15) is 36.2 Å². The predicted octanol–water partition coefficient (Wildman–Crippen LogP) is 1.20. The second-order valence-electron chi connectivity index (χ2n) is 5.80. The molecular formula is C15H25N3O2. The molecule has 1 aromatic heterocycles. The van der Waals surface area contributed by atoms with Gasteiger partial charge in [-0.1, -0.05) is 0 Å². The topological polar surface area (TPSA) is 58.4 Å². The van der Waals surface area contributed by atoms with Crippen LogP contribution in [0.4, 0.5) is 0 Å². The van der Waals surface area contributed by atoms with E-state index in [2.05, 4.69) is 5.10 Å². The first-order valence-electron chi connectivity index (χ1n) is 7.40. The average Bonchev–Trinajstić information content (AvgIpc) is 2.70. The molecule has 1 aliphatic heterocycles. The van der Waals surface area contributed by atoms with E-state index in [1.54, 1.807) is 0 Å². The van der Waals surface area contributed by atoms with Crippen LogP contribution in [0.2, 0.25) is 0 Å². The van der Waals surface area contributed by atoms with E-state index in [4.69, 9.17) is 0 Å². The van der Waals surface area contributed by atoms with Crippen molar-refractivity contribution >= 4 is 5.91 Å². The number of carbonyl (C=O) groups is 1. The van der Waals surface area contributed by atoms with Crippen LogP contribution < -0.4 is 0 Å². The fourth-order valence-corrected chi connectivity index (χ4v) is 3.01. The maximum atomic E-state index is 12.3. The van der Waals surface area contributed by atoms with Gasteiger partial charge in [0.25, 0.3) is 0 Å². The fourth-order valence-electron chi connectivity index (χ4n) is 3.01. The Morgan fingerprint density at radius 3 is 2.80 bits per heavy atom. The van der Waals surface area contributed by atoms with Gasteiger partial charge in [0.15, 0.2) is 0 Å². The Morgan fingerprint density at radius 2 is 2.20 bits per heavy atom. The van der Waals surface area contributed by atoms with Crippen molar-refractivity contribution in [1.29, 1.82) is 0 Å². The monoisotopic (exact) mass is 279 g/mol. The molecule has 0 radical (unpaired) electrons. The highest BCUT2D eigenvalue weighted by Gasteiger charge is 2.23. The van der Waals surface area contributed by atoms with Crippen molar-refractivity contribution in [2.45, 2.75) is 39.5 Å². The van der Waals surface area contributed by atoms with E-state index < -0.39 is 0 Å². The van der Waals surface area contributed by atoms with Gasteiger partial charge in [-0.3, -0.25) is 9.48 Å². The SMILES string of the molecule is Cc1nn(C)c(C)c1CCC(=O)N1CCCC(CO)C1. The Kier molecular flexibility index (Phi) is 4.81. The molecule has 112 valence electrons. The van der Waals surface area contributed by atoms with E-state index in [0.717, 1.165) is 37.2 Å². The highest BCUT2D eigenvalue weighted by atomic mass is 16.3. The first-order chi connectivity index (χ1) is 9.52. The molecule has 1 N–H and O–H groups in total. The summed E-state index contributed by atoms with van der Waals surface area (Å²) in [7, 11) is 1.93. The highest BCUT2D eigenvalue weighted by molar-refractivity contribution is 5.76. The third kappa shape index (κ3) is 3.20. The van der Waals surface area contributed by atoms with Crippen molar-refractivity contribution in [3.8, 4) is 0 Å². The largest absolute Gasteiger partial charge is 0.396 e. The van der Waals surface area contributed by atoms with Gasteiger partial charge in [0, 0.05) is 38.9 Å². The summed E-state index contributed by atoms with van der Waals surface area (Å²) >= 11 is 0. The molecule has 1 aliphatic rings. The van der Waals surface area contributed by atoms with Crippen LogP contribution in [0, 0.1) is 19.8 Å². The number of rotatable bonds is 4. The Balaban J connectivity index is 1.91. The molecular weight excluding hydrogens is 254 g/mol. The summed E-state index contributed by atoms with van der Waals surface area (Å²) in [6.45, 7) is 5.77. The lowest BCUT2D eigenvalue weighted by Gasteiger charge is -2.32. The molecule has 5 heteroatoms. The van der Waals surface area contributed by atoms with Crippen LogP contribution in [0.5, 0.6) is 0 Å². The number of hydrogen-bond donors (Lipinski definition) is 1. The molecule has 20 heavy (non-hydrogen) atoms. The second-order valence-corrected chi connectivity index (χ2v) is 5.80. The fraction of sp³-hybridized carbons (Fsp3) is 0.733. The lowest BCUT2D eigenvalue weighted by atomic mass is 9.98. The number of aryl methyl sites for hydroxylation is 2. The van der Waals surface area contributed by atoms with Crippen LogP contribution >= 0.6 is 0 Å². The number of carbonyl (C=O) groups excluding carboxylic acids is 1. The first kappa shape index (κ1) is 15.0. The number of nitrogens with zero attached hydrogens (tertiary/aromatic N) is 3. The van der Waals surface area contributed by atoms with Gasteiger partial charge in [0.05, 0.1) is 5.69 Å². The maximum absolute atomic E-state index is 12.3. The van der Waals surface area contributed by atoms with Gasteiger partial charge >= 0.3 is 0 Å². The zero-order chi connectivity index (χ0) is 14.7. The Morgan fingerprint density at radius 1 is 1.45 bits per heavy atom. The first-order valence-corrected chi connectivity index (χ1v) is 7.40. The molecule has 0 saturated carbocycles. The minimum atomic E-state index is 0.185. The molecule has 2 rings (SSSR count). The number of aliphatic hydroxyl groups is 1. The van der Waals surface area contributed by atoms with Crippen molar-refractivity contribution in [2.75, 3.05) is 19.7 Å². The Hall–Kier alpha value is -1.36. The van der Waals surface area contributed by atoms with Gasteiger partial charge in [0.2, 0.25) is 5.91 Å². The number of piperidine rings is 1. The zero-order valence-electron chi connectivity index (χ0n) is 12.7. The predicted molar refractivity (Wildman–Crippen MR) is 77.4 cm³/mol. The van der Waals surface area contributed by atoms with Crippen molar-refractivity contribution in [3.05, 3.63) is 17.0 Å². The summed E-state index contributed by atoms with van der Waals surface area (Å²) in [5.74, 6) is 0.459. The summed E-state index contributed by atoms with van der Waals surface area (Å²) in [6, 6.07) is 0. The van der Waals surface area contributed by atoms with Crippen molar-refractivity contribution in [2.24, 2.45) is 13.0 Å². The van der Waals surface area contributed by atoms with E-state index in [-0.39, 0.29) is 18.4 Å². The van der Waals surface area contributed by atoms with E-state index in [0.29, 0.717) is 13.0 Å². The molecule has 1 unspecified atom stereocenters. The van der Waals surface area contributed by atoms with E-state index >= 15 is 0 Å². The normalized spacial score (nSPS) is 19.4. The van der Waals surface area contributed by atoms with Crippen LogP contribution in [0.3, 0.4) is 0 Å². The summed E-state index contributed by atoms with van der Waals surface area (Å²) in [4.78, 5) is 14.2. The number of hydrogen-bond acceptors (Lipinski definition) is 3. The Bertz CT molecular complexity index is 482. The van der Waals surface area contributed by atoms with Gasteiger partial charge < -0.3 is 10.0 Å².